The molecule has 0 radical (unpaired) electrons. The molecule has 2 aromatic heterocycles. The molecule has 0 atom stereocenters. The molecule has 0 aliphatic rings. The Bertz CT molecular complexity index is 2650. The average Bonchev–Trinajstić information content (AvgIpc) is 3.70. The molecule has 0 amide bonds. The maximum absolute atomic E-state index is 9.98. The second-order valence-electron chi connectivity index (χ2n) is 11.6. The first-order valence-electron chi connectivity index (χ1n) is 15.3. The maximum atomic E-state index is 9.98. The van der Waals surface area contributed by atoms with Gasteiger partial charge in [0.25, 0.3) is 0 Å². The van der Waals surface area contributed by atoms with Crippen molar-refractivity contribution >= 4 is 63.0 Å². The third-order valence-electron chi connectivity index (χ3n) is 8.91. The summed E-state index contributed by atoms with van der Waals surface area (Å²) in [5.41, 5.74) is 9.88. The summed E-state index contributed by atoms with van der Waals surface area (Å²) in [6.45, 7) is 0. The van der Waals surface area contributed by atoms with Gasteiger partial charge in [-0.3, -0.25) is 0 Å². The van der Waals surface area contributed by atoms with Gasteiger partial charge in [0.15, 0.2) is 0 Å². The molecular formula is C43H25NS2. The fraction of sp³-hybridized carbons (Fsp3) is 0. The number of rotatable bonds is 4. The minimum Gasteiger partial charge on any atom is -0.192 e. The Morgan fingerprint density at radius 3 is 1.48 bits per heavy atom. The van der Waals surface area contributed by atoms with E-state index in [1.165, 1.54) is 68.2 Å². The van der Waals surface area contributed by atoms with Gasteiger partial charge in [0.1, 0.15) is 0 Å². The third kappa shape index (κ3) is 4.43. The van der Waals surface area contributed by atoms with E-state index in [0.717, 1.165) is 16.7 Å². The van der Waals surface area contributed by atoms with E-state index < -0.39 is 0 Å². The van der Waals surface area contributed by atoms with Crippen LogP contribution in [0.1, 0.15) is 5.56 Å². The molecule has 0 aliphatic carbocycles. The lowest BCUT2D eigenvalue weighted by atomic mass is 9.94. The van der Waals surface area contributed by atoms with E-state index in [1.807, 2.05) is 34.8 Å². The van der Waals surface area contributed by atoms with Gasteiger partial charge in [-0.1, -0.05) is 115 Å². The SMILES string of the molecule is N#Cc1cc(-c2ccc(-c3cccc(-c4cccc5c4sc4ccccc45)c3)cc2)cc(-c2cccc3c2sc2ccccc23)c1. The quantitative estimate of drug-likeness (QED) is 0.192. The molecule has 7 aromatic carbocycles. The van der Waals surface area contributed by atoms with Crippen molar-refractivity contribution in [3.63, 3.8) is 0 Å². The topological polar surface area (TPSA) is 23.8 Å². The Kier molecular flexibility index (Phi) is 6.31. The lowest BCUT2D eigenvalue weighted by Crippen LogP contribution is -1.87. The van der Waals surface area contributed by atoms with Crippen LogP contribution in [0.5, 0.6) is 0 Å². The lowest BCUT2D eigenvalue weighted by Gasteiger charge is -2.11. The Hall–Kier alpha value is -5.53. The molecule has 0 fully saturated rings. The first kappa shape index (κ1) is 26.8. The van der Waals surface area contributed by atoms with E-state index in [1.54, 1.807) is 0 Å². The van der Waals surface area contributed by atoms with Crippen molar-refractivity contribution in [2.75, 3.05) is 0 Å². The highest BCUT2D eigenvalue weighted by Crippen LogP contribution is 2.42. The summed E-state index contributed by atoms with van der Waals surface area (Å²) < 4.78 is 5.18. The van der Waals surface area contributed by atoms with Crippen molar-refractivity contribution < 1.29 is 0 Å². The van der Waals surface area contributed by atoms with Crippen LogP contribution in [-0.2, 0) is 0 Å². The van der Waals surface area contributed by atoms with Crippen LogP contribution in [0.4, 0.5) is 0 Å². The van der Waals surface area contributed by atoms with Crippen LogP contribution in [0, 0.1) is 11.3 Å². The highest BCUT2D eigenvalue weighted by atomic mass is 32.1. The minimum atomic E-state index is 0.665. The summed E-state index contributed by atoms with van der Waals surface area (Å²) in [7, 11) is 0. The zero-order chi connectivity index (χ0) is 30.6. The van der Waals surface area contributed by atoms with Crippen LogP contribution in [0.15, 0.2) is 152 Å². The Morgan fingerprint density at radius 2 is 0.848 bits per heavy atom. The van der Waals surface area contributed by atoms with E-state index in [4.69, 9.17) is 0 Å². The third-order valence-corrected chi connectivity index (χ3v) is 11.3. The number of nitriles is 1. The molecule has 0 spiro atoms. The molecule has 0 bridgehead atoms. The number of fused-ring (bicyclic) bond motifs is 6. The van der Waals surface area contributed by atoms with E-state index in [-0.39, 0.29) is 0 Å². The number of hydrogen-bond donors (Lipinski definition) is 0. The summed E-state index contributed by atoms with van der Waals surface area (Å²) in [4.78, 5) is 0. The predicted molar refractivity (Wildman–Crippen MR) is 199 cm³/mol. The molecule has 9 rings (SSSR count). The maximum Gasteiger partial charge on any atom is 0.0992 e. The van der Waals surface area contributed by atoms with Crippen LogP contribution in [0.3, 0.4) is 0 Å². The lowest BCUT2D eigenvalue weighted by molar-refractivity contribution is 1.48. The van der Waals surface area contributed by atoms with Crippen LogP contribution < -0.4 is 0 Å². The van der Waals surface area contributed by atoms with E-state index in [2.05, 4.69) is 146 Å². The molecule has 9 aromatic rings. The largest absolute Gasteiger partial charge is 0.192 e. The molecule has 0 saturated carbocycles. The summed E-state index contributed by atoms with van der Waals surface area (Å²) in [6.07, 6.45) is 0. The van der Waals surface area contributed by atoms with Crippen LogP contribution >= 0.6 is 22.7 Å². The monoisotopic (exact) mass is 619 g/mol. The fourth-order valence-electron chi connectivity index (χ4n) is 6.68. The van der Waals surface area contributed by atoms with Gasteiger partial charge in [0.2, 0.25) is 0 Å². The minimum absolute atomic E-state index is 0.665. The van der Waals surface area contributed by atoms with Crippen molar-refractivity contribution in [3.8, 4) is 50.6 Å². The highest BCUT2D eigenvalue weighted by Gasteiger charge is 2.14. The number of thiophene rings is 2. The Balaban J connectivity index is 1.09. The summed E-state index contributed by atoms with van der Waals surface area (Å²) in [5.74, 6) is 0. The van der Waals surface area contributed by atoms with Gasteiger partial charge in [-0.15, -0.1) is 22.7 Å². The second-order valence-corrected chi connectivity index (χ2v) is 13.7. The van der Waals surface area contributed by atoms with Gasteiger partial charge < -0.3 is 0 Å². The zero-order valence-corrected chi connectivity index (χ0v) is 26.3. The summed E-state index contributed by atoms with van der Waals surface area (Å²) >= 11 is 3.68. The smallest absolute Gasteiger partial charge is 0.0992 e. The van der Waals surface area contributed by atoms with E-state index >= 15 is 0 Å². The highest BCUT2D eigenvalue weighted by molar-refractivity contribution is 7.26. The van der Waals surface area contributed by atoms with Gasteiger partial charge in [0, 0.05) is 40.3 Å². The van der Waals surface area contributed by atoms with Gasteiger partial charge in [-0.05, 0) is 80.9 Å². The molecular weight excluding hydrogens is 595 g/mol. The molecule has 1 nitrogen and oxygen atoms in total. The van der Waals surface area contributed by atoms with Crippen LogP contribution in [0.2, 0.25) is 0 Å². The number of nitrogens with zero attached hydrogens (tertiary/aromatic N) is 1. The predicted octanol–water partition coefficient (Wildman–Crippen LogP) is 13.0. The molecule has 2 heterocycles. The van der Waals surface area contributed by atoms with Gasteiger partial charge in [-0.25, -0.2) is 0 Å². The Labute approximate surface area is 274 Å². The zero-order valence-electron chi connectivity index (χ0n) is 24.7. The average molecular weight is 620 g/mol. The normalized spacial score (nSPS) is 11.5. The molecule has 0 unspecified atom stereocenters. The number of hydrogen-bond acceptors (Lipinski definition) is 3. The van der Waals surface area contributed by atoms with Crippen molar-refractivity contribution in [3.05, 3.63) is 157 Å². The molecule has 0 saturated heterocycles. The van der Waals surface area contributed by atoms with Crippen molar-refractivity contribution in [2.24, 2.45) is 0 Å². The standard InChI is InChI=1S/C43H25NS2/c44-26-27-22-32(25-33(23-27)35-13-7-15-39-37-11-2-4-17-41(37)46-43(35)39)29-20-18-28(19-21-29)30-8-5-9-31(24-30)34-12-6-14-38-36-10-1-3-16-40(36)45-42(34)38/h1-25H. The van der Waals surface area contributed by atoms with Crippen molar-refractivity contribution in [2.45, 2.75) is 0 Å². The number of benzene rings is 7. The van der Waals surface area contributed by atoms with Gasteiger partial charge in [-0.2, -0.15) is 5.26 Å². The molecule has 3 heteroatoms. The van der Waals surface area contributed by atoms with Crippen LogP contribution in [-0.4, -0.2) is 0 Å². The summed E-state index contributed by atoms with van der Waals surface area (Å²) in [6, 6.07) is 56.6. The van der Waals surface area contributed by atoms with Gasteiger partial charge >= 0.3 is 0 Å². The first-order valence-corrected chi connectivity index (χ1v) is 16.9. The second kappa shape index (κ2) is 10.8. The fourth-order valence-corrected chi connectivity index (χ4v) is 9.16. The summed E-state index contributed by atoms with van der Waals surface area (Å²) in [5, 5.41) is 15.2. The first-order chi connectivity index (χ1) is 22.7. The molecule has 0 N–H and O–H groups in total. The Morgan fingerprint density at radius 1 is 0.370 bits per heavy atom. The van der Waals surface area contributed by atoms with E-state index in [9.17, 15) is 5.26 Å². The van der Waals surface area contributed by atoms with Crippen molar-refractivity contribution in [1.29, 1.82) is 5.26 Å². The molecule has 214 valence electrons. The van der Waals surface area contributed by atoms with Crippen LogP contribution in [0.25, 0.3) is 84.9 Å². The molecule has 46 heavy (non-hydrogen) atoms. The van der Waals surface area contributed by atoms with Gasteiger partial charge in [0.05, 0.1) is 11.6 Å². The van der Waals surface area contributed by atoms with E-state index in [0.29, 0.717) is 5.56 Å². The molecule has 0 aliphatic heterocycles. The van der Waals surface area contributed by atoms with Crippen molar-refractivity contribution in [1.82, 2.24) is 0 Å².